The first-order valence-electron chi connectivity index (χ1n) is 6.27. The van der Waals surface area contributed by atoms with E-state index < -0.39 is 26.6 Å². The van der Waals surface area contributed by atoms with Crippen molar-refractivity contribution in [3.8, 4) is 5.75 Å². The second kappa shape index (κ2) is 6.84. The lowest BCUT2D eigenvalue weighted by Gasteiger charge is -2.10. The predicted molar refractivity (Wildman–Crippen MR) is 83.3 cm³/mol. The Balaban J connectivity index is 2.17. The quantitative estimate of drug-likeness (QED) is 0.826. The monoisotopic (exact) mass is 358 g/mol. The molecule has 2 aromatic rings. The van der Waals surface area contributed by atoms with Crippen LogP contribution in [-0.2, 0) is 14.8 Å². The van der Waals surface area contributed by atoms with Gasteiger partial charge in [-0.05, 0) is 36.4 Å². The number of benzene rings is 2. The number of primary amides is 1. The van der Waals surface area contributed by atoms with Crippen molar-refractivity contribution in [3.63, 3.8) is 0 Å². The van der Waals surface area contributed by atoms with Crippen molar-refractivity contribution in [2.75, 3.05) is 11.3 Å². The molecule has 0 aromatic heterocycles. The number of hydrogen-bond donors (Lipinski definition) is 2. The Morgan fingerprint density at radius 1 is 1.22 bits per heavy atom. The molecule has 2 rings (SSSR count). The fraction of sp³-hybridized carbons (Fsp3) is 0.0714. The molecule has 0 spiro atoms. The van der Waals surface area contributed by atoms with Crippen LogP contribution in [0, 0.1) is 5.82 Å². The molecule has 0 heterocycles. The van der Waals surface area contributed by atoms with E-state index in [0.29, 0.717) is 5.75 Å². The maximum Gasteiger partial charge on any atom is 0.264 e. The van der Waals surface area contributed by atoms with Gasteiger partial charge in [0.1, 0.15) is 10.6 Å². The molecule has 0 saturated heterocycles. The molecule has 0 aliphatic rings. The number of halogens is 2. The van der Waals surface area contributed by atoms with Crippen molar-refractivity contribution in [2.24, 2.45) is 5.73 Å². The SMILES string of the molecule is NC(=O)COc1ccc(NS(=O)(=O)c2cccc(Cl)c2F)cc1. The zero-order chi connectivity index (χ0) is 17.0. The van der Waals surface area contributed by atoms with Crippen LogP contribution in [-0.4, -0.2) is 20.9 Å². The number of nitrogens with two attached hydrogens (primary N) is 1. The zero-order valence-corrected chi connectivity index (χ0v) is 13.2. The van der Waals surface area contributed by atoms with Gasteiger partial charge in [0, 0.05) is 5.69 Å². The van der Waals surface area contributed by atoms with E-state index in [9.17, 15) is 17.6 Å². The van der Waals surface area contributed by atoms with Crippen LogP contribution in [0.4, 0.5) is 10.1 Å². The molecule has 23 heavy (non-hydrogen) atoms. The second-order valence-electron chi connectivity index (χ2n) is 4.44. The molecule has 0 radical (unpaired) electrons. The van der Waals surface area contributed by atoms with E-state index in [1.54, 1.807) is 0 Å². The van der Waals surface area contributed by atoms with Gasteiger partial charge >= 0.3 is 0 Å². The molecular weight excluding hydrogens is 347 g/mol. The van der Waals surface area contributed by atoms with Crippen molar-refractivity contribution in [1.29, 1.82) is 0 Å². The summed E-state index contributed by atoms with van der Waals surface area (Å²) in [6, 6.07) is 9.37. The highest BCUT2D eigenvalue weighted by atomic mass is 35.5. The summed E-state index contributed by atoms with van der Waals surface area (Å²) in [5.74, 6) is -1.32. The standard InChI is InChI=1S/C14H12ClFN2O4S/c15-11-2-1-3-12(14(11)16)23(20,21)18-9-4-6-10(7-5-9)22-8-13(17)19/h1-7,18H,8H2,(H2,17,19). The summed E-state index contributed by atoms with van der Waals surface area (Å²) in [5.41, 5.74) is 5.13. The molecular formula is C14H12ClFN2O4S. The maximum atomic E-state index is 13.8. The minimum Gasteiger partial charge on any atom is -0.484 e. The molecule has 0 unspecified atom stereocenters. The van der Waals surface area contributed by atoms with Gasteiger partial charge in [-0.1, -0.05) is 17.7 Å². The molecule has 0 saturated carbocycles. The van der Waals surface area contributed by atoms with Crippen LogP contribution in [0.2, 0.25) is 5.02 Å². The molecule has 3 N–H and O–H groups in total. The van der Waals surface area contributed by atoms with Gasteiger partial charge in [0.05, 0.1) is 5.02 Å². The number of rotatable bonds is 6. The Labute approximate surface area is 137 Å². The van der Waals surface area contributed by atoms with Crippen molar-refractivity contribution in [2.45, 2.75) is 4.90 Å². The molecule has 1 amide bonds. The Morgan fingerprint density at radius 3 is 2.48 bits per heavy atom. The lowest BCUT2D eigenvalue weighted by molar-refractivity contribution is -0.119. The number of amides is 1. The van der Waals surface area contributed by atoms with Gasteiger partial charge in [-0.25, -0.2) is 12.8 Å². The number of ether oxygens (including phenoxy) is 1. The highest BCUT2D eigenvalue weighted by molar-refractivity contribution is 7.92. The number of nitrogens with one attached hydrogen (secondary N) is 1. The van der Waals surface area contributed by atoms with Gasteiger partial charge in [-0.3, -0.25) is 9.52 Å². The number of carbonyl (C=O) groups excluding carboxylic acids is 1. The van der Waals surface area contributed by atoms with Crippen LogP contribution >= 0.6 is 11.6 Å². The lowest BCUT2D eigenvalue weighted by atomic mass is 10.3. The average molecular weight is 359 g/mol. The molecule has 0 atom stereocenters. The van der Waals surface area contributed by atoms with E-state index in [4.69, 9.17) is 22.1 Å². The maximum absolute atomic E-state index is 13.8. The largest absolute Gasteiger partial charge is 0.484 e. The van der Waals surface area contributed by atoms with Gasteiger partial charge in [0.2, 0.25) is 0 Å². The Hall–Kier alpha value is -2.32. The van der Waals surface area contributed by atoms with Crippen LogP contribution in [0.5, 0.6) is 5.75 Å². The van der Waals surface area contributed by atoms with Gasteiger partial charge in [-0.15, -0.1) is 0 Å². The Kier molecular flexibility index (Phi) is 5.07. The van der Waals surface area contributed by atoms with Crippen molar-refractivity contribution < 1.29 is 22.3 Å². The third-order valence-corrected chi connectivity index (χ3v) is 4.38. The minimum absolute atomic E-state index is 0.191. The summed E-state index contributed by atoms with van der Waals surface area (Å²) in [6.45, 7) is -0.293. The first-order valence-corrected chi connectivity index (χ1v) is 8.14. The van der Waals surface area contributed by atoms with E-state index in [1.165, 1.54) is 36.4 Å². The fourth-order valence-corrected chi connectivity index (χ4v) is 3.07. The van der Waals surface area contributed by atoms with E-state index in [1.807, 2.05) is 0 Å². The number of carbonyl (C=O) groups is 1. The topological polar surface area (TPSA) is 98.5 Å². The predicted octanol–water partition coefficient (Wildman–Crippen LogP) is 2.14. The van der Waals surface area contributed by atoms with Crippen LogP contribution < -0.4 is 15.2 Å². The van der Waals surface area contributed by atoms with Crippen LogP contribution in [0.15, 0.2) is 47.4 Å². The first kappa shape index (κ1) is 17.0. The summed E-state index contributed by atoms with van der Waals surface area (Å²) in [4.78, 5) is 10.0. The van der Waals surface area contributed by atoms with Crippen molar-refractivity contribution in [1.82, 2.24) is 0 Å². The molecule has 122 valence electrons. The van der Waals surface area contributed by atoms with Gasteiger partial charge in [0.25, 0.3) is 15.9 Å². The summed E-state index contributed by atoms with van der Waals surface area (Å²) in [6.07, 6.45) is 0. The number of anilines is 1. The van der Waals surface area contributed by atoms with Crippen molar-refractivity contribution >= 4 is 33.2 Å². The van der Waals surface area contributed by atoms with Crippen LogP contribution in [0.1, 0.15) is 0 Å². The van der Waals surface area contributed by atoms with E-state index in [-0.39, 0.29) is 17.3 Å². The molecule has 2 aromatic carbocycles. The Bertz CT molecular complexity index is 825. The first-order chi connectivity index (χ1) is 10.8. The van der Waals surface area contributed by atoms with Crippen molar-refractivity contribution in [3.05, 3.63) is 53.3 Å². The van der Waals surface area contributed by atoms with E-state index in [0.717, 1.165) is 6.07 Å². The smallest absolute Gasteiger partial charge is 0.264 e. The van der Waals surface area contributed by atoms with Crippen LogP contribution in [0.25, 0.3) is 0 Å². The van der Waals surface area contributed by atoms with E-state index >= 15 is 0 Å². The van der Waals surface area contributed by atoms with Crippen LogP contribution in [0.3, 0.4) is 0 Å². The number of hydrogen-bond acceptors (Lipinski definition) is 4. The summed E-state index contributed by atoms with van der Waals surface area (Å²) >= 11 is 5.58. The van der Waals surface area contributed by atoms with E-state index in [2.05, 4.69) is 4.72 Å². The molecule has 0 aliphatic heterocycles. The highest BCUT2D eigenvalue weighted by Crippen LogP contribution is 2.24. The lowest BCUT2D eigenvalue weighted by Crippen LogP contribution is -2.20. The number of sulfonamides is 1. The molecule has 9 heteroatoms. The molecule has 0 bridgehead atoms. The average Bonchev–Trinajstić information content (AvgIpc) is 2.48. The normalized spacial score (nSPS) is 11.0. The van der Waals surface area contributed by atoms with Gasteiger partial charge in [0.15, 0.2) is 12.4 Å². The summed E-state index contributed by atoms with van der Waals surface area (Å²) in [7, 11) is -4.13. The zero-order valence-electron chi connectivity index (χ0n) is 11.6. The molecule has 6 nitrogen and oxygen atoms in total. The molecule has 0 aliphatic carbocycles. The highest BCUT2D eigenvalue weighted by Gasteiger charge is 2.20. The molecule has 0 fully saturated rings. The third-order valence-electron chi connectivity index (χ3n) is 2.69. The second-order valence-corrected chi connectivity index (χ2v) is 6.49. The third kappa shape index (κ3) is 4.33. The minimum atomic E-state index is -4.13. The van der Waals surface area contributed by atoms with Gasteiger partial charge < -0.3 is 10.5 Å². The van der Waals surface area contributed by atoms with Gasteiger partial charge in [-0.2, -0.15) is 0 Å². The summed E-state index contributed by atoms with van der Waals surface area (Å²) < 4.78 is 45.4. The summed E-state index contributed by atoms with van der Waals surface area (Å²) in [5, 5.41) is -0.289. The Morgan fingerprint density at radius 2 is 1.87 bits per heavy atom. The fourth-order valence-electron chi connectivity index (χ4n) is 1.68.